The molecule has 3 aliphatic heterocycles. The molecular weight excluding hydrogens is 374 g/mol. The number of amides is 1. The predicted molar refractivity (Wildman–Crippen MR) is 115 cm³/mol. The van der Waals surface area contributed by atoms with Gasteiger partial charge in [0.25, 0.3) is 5.91 Å². The van der Waals surface area contributed by atoms with Gasteiger partial charge in [0.2, 0.25) is 0 Å². The standard InChI is InChI=1S/C25H31N3O2/c29-24(28-17-25(12-15-30-16-13-25)22(28)18-10-11-18)21-20-9-5-2-6-14-27(20)23(26-21)19-7-3-1-4-8-19/h1,3-4,7-8,18,22H,2,5-6,9-17H2. The number of carbonyl (C=O) groups is 1. The van der Waals surface area contributed by atoms with Crippen LogP contribution in [0.15, 0.2) is 30.3 Å². The number of rotatable bonds is 3. The highest BCUT2D eigenvalue weighted by atomic mass is 16.5. The maximum atomic E-state index is 13.8. The van der Waals surface area contributed by atoms with E-state index in [4.69, 9.17) is 9.72 Å². The van der Waals surface area contributed by atoms with Crippen molar-refractivity contribution in [3.63, 3.8) is 0 Å². The minimum atomic E-state index is 0.178. The zero-order valence-electron chi connectivity index (χ0n) is 17.7. The molecule has 1 atom stereocenters. The highest BCUT2D eigenvalue weighted by Crippen LogP contribution is 2.55. The Morgan fingerprint density at radius 3 is 2.63 bits per heavy atom. The number of nitrogens with zero attached hydrogens (tertiary/aromatic N) is 3. The van der Waals surface area contributed by atoms with Crippen LogP contribution in [0.3, 0.4) is 0 Å². The summed E-state index contributed by atoms with van der Waals surface area (Å²) in [6, 6.07) is 10.8. The highest BCUT2D eigenvalue weighted by Gasteiger charge is 2.60. The van der Waals surface area contributed by atoms with Crippen LogP contribution in [0, 0.1) is 11.3 Å². The average Bonchev–Trinajstić information content (AvgIpc) is 3.57. The van der Waals surface area contributed by atoms with Crippen molar-refractivity contribution in [2.75, 3.05) is 19.8 Å². The zero-order chi connectivity index (χ0) is 20.1. The van der Waals surface area contributed by atoms with E-state index in [0.29, 0.717) is 17.4 Å². The molecule has 2 saturated heterocycles. The summed E-state index contributed by atoms with van der Waals surface area (Å²) >= 11 is 0. The molecule has 6 rings (SSSR count). The average molecular weight is 406 g/mol. The number of hydrogen-bond donors (Lipinski definition) is 0. The van der Waals surface area contributed by atoms with Gasteiger partial charge in [-0.15, -0.1) is 0 Å². The third kappa shape index (κ3) is 2.93. The molecule has 0 radical (unpaired) electrons. The van der Waals surface area contributed by atoms with Crippen LogP contribution < -0.4 is 0 Å². The van der Waals surface area contributed by atoms with Crippen LogP contribution in [0.4, 0.5) is 0 Å². The topological polar surface area (TPSA) is 47.4 Å². The van der Waals surface area contributed by atoms with Gasteiger partial charge in [-0.1, -0.05) is 36.8 Å². The molecule has 2 aromatic rings. The number of fused-ring (bicyclic) bond motifs is 1. The molecule has 158 valence electrons. The zero-order valence-corrected chi connectivity index (χ0v) is 17.7. The summed E-state index contributed by atoms with van der Waals surface area (Å²) in [5, 5.41) is 0. The number of aromatic nitrogens is 2. The molecule has 1 unspecified atom stereocenters. The third-order valence-corrected chi connectivity index (χ3v) is 7.87. The Labute approximate surface area is 178 Å². The van der Waals surface area contributed by atoms with E-state index in [1.165, 1.54) is 25.0 Å². The van der Waals surface area contributed by atoms with E-state index in [-0.39, 0.29) is 5.91 Å². The number of benzene rings is 1. The molecule has 5 nitrogen and oxygen atoms in total. The van der Waals surface area contributed by atoms with Crippen LogP contribution in [0.5, 0.6) is 0 Å². The largest absolute Gasteiger partial charge is 0.381 e. The molecule has 4 heterocycles. The molecule has 1 aliphatic carbocycles. The fraction of sp³-hybridized carbons (Fsp3) is 0.600. The summed E-state index contributed by atoms with van der Waals surface area (Å²) in [6.07, 6.45) is 9.25. The van der Waals surface area contributed by atoms with Crippen molar-refractivity contribution in [2.24, 2.45) is 11.3 Å². The second-order valence-electron chi connectivity index (χ2n) is 9.75. The molecule has 1 spiro atoms. The number of imidazole rings is 1. The normalized spacial score (nSPS) is 25.5. The lowest BCUT2D eigenvalue weighted by Crippen LogP contribution is -2.68. The molecule has 0 N–H and O–H groups in total. The van der Waals surface area contributed by atoms with E-state index >= 15 is 0 Å². The Kier molecular flexibility index (Phi) is 4.48. The van der Waals surface area contributed by atoms with Crippen molar-refractivity contribution in [3.8, 4) is 11.4 Å². The second-order valence-corrected chi connectivity index (χ2v) is 9.75. The first-order chi connectivity index (χ1) is 14.8. The van der Waals surface area contributed by atoms with Gasteiger partial charge in [-0.25, -0.2) is 4.98 Å². The van der Waals surface area contributed by atoms with Gasteiger partial charge in [0, 0.05) is 43.3 Å². The highest BCUT2D eigenvalue weighted by molar-refractivity contribution is 5.95. The van der Waals surface area contributed by atoms with Gasteiger partial charge >= 0.3 is 0 Å². The van der Waals surface area contributed by atoms with Crippen molar-refractivity contribution >= 4 is 5.91 Å². The Balaban J connectivity index is 1.36. The monoisotopic (exact) mass is 405 g/mol. The van der Waals surface area contributed by atoms with Gasteiger partial charge in [-0.05, 0) is 50.9 Å². The summed E-state index contributed by atoms with van der Waals surface area (Å²) in [5.41, 5.74) is 3.30. The van der Waals surface area contributed by atoms with E-state index in [2.05, 4.69) is 33.7 Å². The Bertz CT molecular complexity index is 941. The molecule has 1 amide bonds. The van der Waals surface area contributed by atoms with Crippen LogP contribution in [-0.2, 0) is 17.7 Å². The van der Waals surface area contributed by atoms with Gasteiger partial charge in [0.05, 0.1) is 5.69 Å². The summed E-state index contributed by atoms with van der Waals surface area (Å²) in [7, 11) is 0. The van der Waals surface area contributed by atoms with Gasteiger partial charge in [0.15, 0.2) is 0 Å². The molecule has 4 aliphatic rings. The number of ether oxygens (including phenoxy) is 1. The van der Waals surface area contributed by atoms with E-state index in [0.717, 1.165) is 75.5 Å². The molecule has 3 fully saturated rings. The second kappa shape index (κ2) is 7.23. The molecule has 30 heavy (non-hydrogen) atoms. The quantitative estimate of drug-likeness (QED) is 0.765. The van der Waals surface area contributed by atoms with Gasteiger partial charge in [0.1, 0.15) is 11.5 Å². The Hall–Kier alpha value is -2.14. The Morgan fingerprint density at radius 2 is 1.87 bits per heavy atom. The lowest BCUT2D eigenvalue weighted by atomic mass is 9.64. The molecule has 1 aromatic carbocycles. The van der Waals surface area contributed by atoms with Crippen LogP contribution in [0.1, 0.15) is 61.1 Å². The lowest BCUT2D eigenvalue weighted by Gasteiger charge is -2.59. The Morgan fingerprint density at radius 1 is 1.07 bits per heavy atom. The molecule has 0 bridgehead atoms. The fourth-order valence-corrected chi connectivity index (χ4v) is 6.18. The fourth-order valence-electron chi connectivity index (χ4n) is 6.18. The lowest BCUT2D eigenvalue weighted by molar-refractivity contribution is -0.120. The van der Waals surface area contributed by atoms with Crippen molar-refractivity contribution in [2.45, 2.75) is 64.0 Å². The van der Waals surface area contributed by atoms with Gasteiger partial charge in [-0.2, -0.15) is 0 Å². The van der Waals surface area contributed by atoms with E-state index in [1.807, 2.05) is 6.07 Å². The number of likely N-dealkylation sites (tertiary alicyclic amines) is 1. The summed E-state index contributed by atoms with van der Waals surface area (Å²) in [6.45, 7) is 3.56. The third-order valence-electron chi connectivity index (χ3n) is 7.87. The van der Waals surface area contributed by atoms with Crippen molar-refractivity contribution in [1.82, 2.24) is 14.5 Å². The molecule has 1 aromatic heterocycles. The minimum absolute atomic E-state index is 0.178. The van der Waals surface area contributed by atoms with Crippen molar-refractivity contribution in [1.29, 1.82) is 0 Å². The maximum Gasteiger partial charge on any atom is 0.274 e. The summed E-state index contributed by atoms with van der Waals surface area (Å²) in [5.74, 6) is 1.84. The predicted octanol–water partition coefficient (Wildman–Crippen LogP) is 4.31. The molecule has 1 saturated carbocycles. The van der Waals surface area contributed by atoms with Crippen LogP contribution in [0.25, 0.3) is 11.4 Å². The first-order valence-electron chi connectivity index (χ1n) is 11.8. The van der Waals surface area contributed by atoms with E-state index in [1.54, 1.807) is 0 Å². The number of carbonyl (C=O) groups excluding carboxylic acids is 1. The summed E-state index contributed by atoms with van der Waals surface area (Å²) < 4.78 is 7.99. The van der Waals surface area contributed by atoms with E-state index in [9.17, 15) is 4.79 Å². The van der Waals surface area contributed by atoms with Gasteiger partial charge in [-0.3, -0.25) is 4.79 Å². The van der Waals surface area contributed by atoms with Crippen molar-refractivity contribution in [3.05, 3.63) is 41.7 Å². The van der Waals surface area contributed by atoms with Gasteiger partial charge < -0.3 is 14.2 Å². The van der Waals surface area contributed by atoms with Crippen molar-refractivity contribution < 1.29 is 9.53 Å². The maximum absolute atomic E-state index is 13.8. The number of hydrogen-bond acceptors (Lipinski definition) is 3. The van der Waals surface area contributed by atoms with Crippen LogP contribution in [0.2, 0.25) is 0 Å². The van der Waals surface area contributed by atoms with Crippen LogP contribution >= 0.6 is 0 Å². The smallest absolute Gasteiger partial charge is 0.274 e. The first-order valence-corrected chi connectivity index (χ1v) is 11.8. The minimum Gasteiger partial charge on any atom is -0.381 e. The van der Waals surface area contributed by atoms with E-state index < -0.39 is 0 Å². The SMILES string of the molecule is O=C(c1nc(-c2ccccc2)n2c1CCCCC2)N1CC2(CCOCC2)C1C1CC1. The first kappa shape index (κ1) is 18.6. The molecule has 5 heteroatoms. The van der Waals surface area contributed by atoms with Crippen LogP contribution in [-0.4, -0.2) is 46.2 Å². The molecular formula is C25H31N3O2. The summed E-state index contributed by atoms with van der Waals surface area (Å²) in [4.78, 5) is 21.0.